The van der Waals surface area contributed by atoms with Gasteiger partial charge in [-0.05, 0) is 12.8 Å². The number of rotatable bonds is 3. The second kappa shape index (κ2) is 6.11. The molecule has 0 bridgehead atoms. The van der Waals surface area contributed by atoms with Crippen LogP contribution in [-0.2, 0) is 9.59 Å². The number of amides is 2. The molecular formula is C11H17N3O2. The van der Waals surface area contributed by atoms with Crippen molar-refractivity contribution in [2.24, 2.45) is 5.92 Å². The lowest BCUT2D eigenvalue weighted by Gasteiger charge is -2.29. The molecule has 1 heterocycles. The minimum atomic E-state index is -0.115. The van der Waals surface area contributed by atoms with Gasteiger partial charge < -0.3 is 10.2 Å². The van der Waals surface area contributed by atoms with Crippen LogP contribution in [0.3, 0.4) is 0 Å². The molecule has 88 valence electrons. The third kappa shape index (κ3) is 3.89. The zero-order valence-electron chi connectivity index (χ0n) is 9.53. The van der Waals surface area contributed by atoms with Gasteiger partial charge in [0.25, 0.3) is 0 Å². The zero-order valence-corrected chi connectivity index (χ0v) is 9.53. The van der Waals surface area contributed by atoms with E-state index >= 15 is 0 Å². The van der Waals surface area contributed by atoms with Gasteiger partial charge in [0.2, 0.25) is 11.8 Å². The van der Waals surface area contributed by atoms with E-state index in [2.05, 4.69) is 11.4 Å². The molecule has 1 N–H and O–H groups in total. The van der Waals surface area contributed by atoms with Crippen molar-refractivity contribution in [2.75, 3.05) is 19.6 Å². The third-order valence-corrected chi connectivity index (χ3v) is 2.74. The molecule has 1 aliphatic heterocycles. The predicted octanol–water partition coefficient (Wildman–Crippen LogP) is 0.275. The standard InChI is InChI=1S/C11H17N3O2/c1-9(15)13-5-2-11(16)14-6-3-10(8-12)4-7-14/h10H,2-7H2,1H3,(H,13,15). The first-order valence-corrected chi connectivity index (χ1v) is 5.55. The molecule has 1 fully saturated rings. The molecule has 5 heteroatoms. The van der Waals surface area contributed by atoms with Gasteiger partial charge in [0.15, 0.2) is 0 Å². The van der Waals surface area contributed by atoms with E-state index in [1.165, 1.54) is 6.92 Å². The Balaban J connectivity index is 2.23. The highest BCUT2D eigenvalue weighted by molar-refractivity contribution is 5.78. The average molecular weight is 223 g/mol. The molecular weight excluding hydrogens is 206 g/mol. The van der Waals surface area contributed by atoms with Gasteiger partial charge in [-0.2, -0.15) is 5.26 Å². The van der Waals surface area contributed by atoms with Crippen molar-refractivity contribution in [3.8, 4) is 6.07 Å². The van der Waals surface area contributed by atoms with Crippen molar-refractivity contribution < 1.29 is 9.59 Å². The van der Waals surface area contributed by atoms with E-state index in [0.29, 0.717) is 26.1 Å². The lowest BCUT2D eigenvalue weighted by atomic mass is 9.98. The summed E-state index contributed by atoms with van der Waals surface area (Å²) >= 11 is 0. The Morgan fingerprint density at radius 2 is 2.06 bits per heavy atom. The van der Waals surface area contributed by atoms with Crippen molar-refractivity contribution in [2.45, 2.75) is 26.2 Å². The SMILES string of the molecule is CC(=O)NCCC(=O)N1CCC(C#N)CC1. The maximum atomic E-state index is 11.7. The van der Waals surface area contributed by atoms with Gasteiger partial charge in [0, 0.05) is 38.9 Å². The van der Waals surface area contributed by atoms with Crippen LogP contribution in [0.2, 0.25) is 0 Å². The zero-order chi connectivity index (χ0) is 12.0. The Morgan fingerprint density at radius 3 is 2.56 bits per heavy atom. The van der Waals surface area contributed by atoms with Gasteiger partial charge in [-0.15, -0.1) is 0 Å². The average Bonchev–Trinajstić information content (AvgIpc) is 2.28. The first kappa shape index (κ1) is 12.5. The number of carbonyl (C=O) groups excluding carboxylic acids is 2. The van der Waals surface area contributed by atoms with Crippen LogP contribution in [0.4, 0.5) is 0 Å². The Hall–Kier alpha value is -1.57. The summed E-state index contributed by atoms with van der Waals surface area (Å²) in [6.45, 7) is 3.16. The van der Waals surface area contributed by atoms with Crippen LogP contribution in [0, 0.1) is 17.2 Å². The van der Waals surface area contributed by atoms with Crippen LogP contribution in [0.25, 0.3) is 0 Å². The summed E-state index contributed by atoms with van der Waals surface area (Å²) in [4.78, 5) is 24.1. The predicted molar refractivity (Wildman–Crippen MR) is 58.2 cm³/mol. The lowest BCUT2D eigenvalue weighted by Crippen LogP contribution is -2.39. The van der Waals surface area contributed by atoms with Crippen LogP contribution in [0.1, 0.15) is 26.2 Å². The number of hydrogen-bond donors (Lipinski definition) is 1. The number of nitrogens with zero attached hydrogens (tertiary/aromatic N) is 2. The molecule has 0 aromatic rings. The van der Waals surface area contributed by atoms with Gasteiger partial charge >= 0.3 is 0 Å². The molecule has 0 aromatic heterocycles. The highest BCUT2D eigenvalue weighted by Crippen LogP contribution is 2.16. The molecule has 1 aliphatic rings. The fourth-order valence-electron chi connectivity index (χ4n) is 1.76. The topological polar surface area (TPSA) is 73.2 Å². The smallest absolute Gasteiger partial charge is 0.224 e. The van der Waals surface area contributed by atoms with E-state index in [9.17, 15) is 9.59 Å². The molecule has 0 saturated carbocycles. The van der Waals surface area contributed by atoms with Crippen LogP contribution >= 0.6 is 0 Å². The van der Waals surface area contributed by atoms with E-state index < -0.39 is 0 Å². The van der Waals surface area contributed by atoms with Crippen molar-refractivity contribution in [3.05, 3.63) is 0 Å². The van der Waals surface area contributed by atoms with E-state index in [4.69, 9.17) is 5.26 Å². The van der Waals surface area contributed by atoms with Gasteiger partial charge in [0.05, 0.1) is 6.07 Å². The highest BCUT2D eigenvalue weighted by atomic mass is 16.2. The van der Waals surface area contributed by atoms with Gasteiger partial charge in [-0.3, -0.25) is 9.59 Å². The van der Waals surface area contributed by atoms with E-state index in [1.54, 1.807) is 4.90 Å². The molecule has 1 rings (SSSR count). The van der Waals surface area contributed by atoms with Crippen LogP contribution in [0.15, 0.2) is 0 Å². The number of likely N-dealkylation sites (tertiary alicyclic amines) is 1. The van der Waals surface area contributed by atoms with E-state index in [0.717, 1.165) is 12.8 Å². The van der Waals surface area contributed by atoms with E-state index in [1.807, 2.05) is 0 Å². The summed E-state index contributed by atoms with van der Waals surface area (Å²) in [5, 5.41) is 11.3. The van der Waals surface area contributed by atoms with Crippen LogP contribution < -0.4 is 5.32 Å². The van der Waals surface area contributed by atoms with Crippen molar-refractivity contribution in [3.63, 3.8) is 0 Å². The second-order valence-corrected chi connectivity index (χ2v) is 4.02. The summed E-state index contributed by atoms with van der Waals surface area (Å²) in [5.41, 5.74) is 0. The fraction of sp³-hybridized carbons (Fsp3) is 0.727. The first-order chi connectivity index (χ1) is 7.63. The summed E-state index contributed by atoms with van der Waals surface area (Å²) < 4.78 is 0. The van der Waals surface area contributed by atoms with Gasteiger partial charge in [-0.25, -0.2) is 0 Å². The quantitative estimate of drug-likeness (QED) is 0.746. The molecule has 0 atom stereocenters. The van der Waals surface area contributed by atoms with Crippen molar-refractivity contribution >= 4 is 11.8 Å². The summed E-state index contributed by atoms with van der Waals surface area (Å²) in [6, 6.07) is 2.23. The Bertz CT molecular complexity index is 301. The Labute approximate surface area is 95.4 Å². The molecule has 0 radical (unpaired) electrons. The maximum absolute atomic E-state index is 11.7. The molecule has 2 amide bonds. The summed E-state index contributed by atoms with van der Waals surface area (Å²) in [7, 11) is 0. The molecule has 0 spiro atoms. The molecule has 0 unspecified atom stereocenters. The van der Waals surface area contributed by atoms with Gasteiger partial charge in [0.1, 0.15) is 0 Å². The Kier molecular flexibility index (Phi) is 4.77. The summed E-state index contributed by atoms with van der Waals surface area (Å²) in [6.07, 6.45) is 1.88. The minimum absolute atomic E-state index is 0.0603. The first-order valence-electron chi connectivity index (χ1n) is 5.55. The van der Waals surface area contributed by atoms with Gasteiger partial charge in [-0.1, -0.05) is 0 Å². The molecule has 0 aliphatic carbocycles. The minimum Gasteiger partial charge on any atom is -0.356 e. The number of hydrogen-bond acceptors (Lipinski definition) is 3. The van der Waals surface area contributed by atoms with E-state index in [-0.39, 0.29) is 17.7 Å². The number of carbonyl (C=O) groups is 2. The molecule has 5 nitrogen and oxygen atoms in total. The normalized spacial score (nSPS) is 16.6. The monoisotopic (exact) mass is 223 g/mol. The molecule has 1 saturated heterocycles. The molecule has 0 aromatic carbocycles. The maximum Gasteiger partial charge on any atom is 0.224 e. The molecule has 16 heavy (non-hydrogen) atoms. The third-order valence-electron chi connectivity index (χ3n) is 2.74. The number of nitriles is 1. The Morgan fingerprint density at radius 1 is 1.44 bits per heavy atom. The van der Waals surface area contributed by atoms with Crippen LogP contribution in [0.5, 0.6) is 0 Å². The lowest BCUT2D eigenvalue weighted by molar-refractivity contribution is -0.132. The number of piperidine rings is 1. The van der Waals surface area contributed by atoms with Crippen molar-refractivity contribution in [1.29, 1.82) is 5.26 Å². The van der Waals surface area contributed by atoms with Crippen LogP contribution in [-0.4, -0.2) is 36.3 Å². The highest BCUT2D eigenvalue weighted by Gasteiger charge is 2.21. The largest absolute Gasteiger partial charge is 0.356 e. The second-order valence-electron chi connectivity index (χ2n) is 4.02. The van der Waals surface area contributed by atoms with Crippen molar-refractivity contribution in [1.82, 2.24) is 10.2 Å². The number of nitrogens with one attached hydrogen (secondary N) is 1. The fourth-order valence-corrected chi connectivity index (χ4v) is 1.76. The summed E-state index contributed by atoms with van der Waals surface area (Å²) in [5.74, 6) is 0.0422.